The van der Waals surface area contributed by atoms with E-state index in [-0.39, 0.29) is 6.67 Å². The fourth-order valence-electron chi connectivity index (χ4n) is 2.96. The van der Waals surface area contributed by atoms with Crippen molar-refractivity contribution < 1.29 is 4.39 Å². The molecule has 1 aliphatic carbocycles. The molecule has 0 amide bonds. The van der Waals surface area contributed by atoms with E-state index in [4.69, 9.17) is 0 Å². The van der Waals surface area contributed by atoms with E-state index in [1.54, 1.807) is 10.9 Å². The Morgan fingerprint density at radius 3 is 2.90 bits per heavy atom. The molecular formula is C15H22FN5. The Bertz CT molecular complexity index is 556. The van der Waals surface area contributed by atoms with E-state index in [0.29, 0.717) is 19.1 Å². The first-order valence-electron chi connectivity index (χ1n) is 7.67. The maximum atomic E-state index is 12.4. The number of aromatic nitrogens is 4. The summed E-state index contributed by atoms with van der Waals surface area (Å²) in [5.41, 5.74) is 2.20. The molecule has 114 valence electrons. The second kappa shape index (κ2) is 6.85. The molecule has 0 aliphatic heterocycles. The van der Waals surface area contributed by atoms with Gasteiger partial charge in [-0.25, -0.2) is 4.39 Å². The maximum Gasteiger partial charge on any atom is 0.109 e. The first kappa shape index (κ1) is 14.3. The van der Waals surface area contributed by atoms with Crippen molar-refractivity contribution >= 4 is 0 Å². The molecule has 6 heteroatoms. The third-order valence-corrected chi connectivity index (χ3v) is 4.09. The van der Waals surface area contributed by atoms with E-state index >= 15 is 0 Å². The fourth-order valence-corrected chi connectivity index (χ4v) is 2.96. The summed E-state index contributed by atoms with van der Waals surface area (Å²) in [4.78, 5) is 0. The Hall–Kier alpha value is -1.69. The van der Waals surface area contributed by atoms with E-state index in [0.717, 1.165) is 12.2 Å². The van der Waals surface area contributed by atoms with Gasteiger partial charge in [-0.3, -0.25) is 9.36 Å². The van der Waals surface area contributed by atoms with Gasteiger partial charge in [0.15, 0.2) is 0 Å². The van der Waals surface area contributed by atoms with Gasteiger partial charge in [-0.05, 0) is 18.9 Å². The summed E-state index contributed by atoms with van der Waals surface area (Å²) in [5, 5.41) is 11.9. The van der Waals surface area contributed by atoms with Gasteiger partial charge in [0, 0.05) is 31.0 Å². The zero-order chi connectivity index (χ0) is 14.5. The van der Waals surface area contributed by atoms with E-state index < -0.39 is 0 Å². The standard InChI is InChI=1S/C15H22FN5/c16-6-8-20-15(5-7-18-20)11-17-9-13-10-19-21(12-13)14-3-1-2-4-14/h5,7,10,12,14,17H,1-4,6,8-9,11H2. The Morgan fingerprint density at radius 1 is 1.24 bits per heavy atom. The van der Waals surface area contributed by atoms with Crippen LogP contribution in [0.4, 0.5) is 4.39 Å². The Labute approximate surface area is 124 Å². The number of aryl methyl sites for hydroxylation is 1. The van der Waals surface area contributed by atoms with Crippen LogP contribution in [0.1, 0.15) is 43.0 Å². The van der Waals surface area contributed by atoms with Crippen molar-refractivity contribution in [1.82, 2.24) is 24.9 Å². The highest BCUT2D eigenvalue weighted by molar-refractivity contribution is 5.06. The minimum absolute atomic E-state index is 0.323. The number of alkyl halides is 1. The smallest absolute Gasteiger partial charge is 0.109 e. The maximum absolute atomic E-state index is 12.4. The number of nitrogens with zero attached hydrogens (tertiary/aromatic N) is 4. The van der Waals surface area contributed by atoms with Crippen LogP contribution in [0.3, 0.4) is 0 Å². The van der Waals surface area contributed by atoms with Gasteiger partial charge in [0.05, 0.1) is 24.5 Å². The molecule has 5 nitrogen and oxygen atoms in total. The van der Waals surface area contributed by atoms with Crippen LogP contribution in [0.2, 0.25) is 0 Å². The molecule has 1 aliphatic rings. The molecule has 0 unspecified atom stereocenters. The molecule has 0 aromatic carbocycles. The van der Waals surface area contributed by atoms with Crippen LogP contribution in [0.25, 0.3) is 0 Å². The Balaban J connectivity index is 1.50. The van der Waals surface area contributed by atoms with Gasteiger partial charge >= 0.3 is 0 Å². The second-order valence-electron chi connectivity index (χ2n) is 5.61. The minimum atomic E-state index is -0.386. The molecule has 0 saturated heterocycles. The number of halogens is 1. The fraction of sp³-hybridized carbons (Fsp3) is 0.600. The summed E-state index contributed by atoms with van der Waals surface area (Å²) in [6.45, 7) is 1.40. The van der Waals surface area contributed by atoms with Crippen molar-refractivity contribution in [1.29, 1.82) is 0 Å². The average molecular weight is 291 g/mol. The van der Waals surface area contributed by atoms with Crippen LogP contribution in [-0.2, 0) is 19.6 Å². The van der Waals surface area contributed by atoms with Crippen LogP contribution in [0, 0.1) is 0 Å². The molecule has 2 aromatic heterocycles. The molecular weight excluding hydrogens is 269 g/mol. The lowest BCUT2D eigenvalue weighted by Crippen LogP contribution is -2.16. The molecule has 2 heterocycles. The molecule has 0 atom stereocenters. The highest BCUT2D eigenvalue weighted by Crippen LogP contribution is 2.28. The first-order chi connectivity index (χ1) is 10.4. The van der Waals surface area contributed by atoms with Gasteiger partial charge in [0.2, 0.25) is 0 Å². The van der Waals surface area contributed by atoms with Crippen molar-refractivity contribution in [2.24, 2.45) is 0 Å². The van der Waals surface area contributed by atoms with Crippen molar-refractivity contribution in [3.05, 3.63) is 35.9 Å². The Kier molecular flexibility index (Phi) is 4.65. The van der Waals surface area contributed by atoms with E-state index in [1.165, 1.54) is 31.2 Å². The molecule has 3 rings (SSSR count). The molecule has 21 heavy (non-hydrogen) atoms. The highest BCUT2D eigenvalue weighted by atomic mass is 19.1. The van der Waals surface area contributed by atoms with Gasteiger partial charge < -0.3 is 5.32 Å². The minimum Gasteiger partial charge on any atom is -0.307 e. The van der Waals surface area contributed by atoms with Gasteiger partial charge in [-0.15, -0.1) is 0 Å². The van der Waals surface area contributed by atoms with E-state index in [9.17, 15) is 4.39 Å². The highest BCUT2D eigenvalue weighted by Gasteiger charge is 2.17. The van der Waals surface area contributed by atoms with Crippen LogP contribution >= 0.6 is 0 Å². The topological polar surface area (TPSA) is 47.7 Å². The molecule has 0 radical (unpaired) electrons. The largest absolute Gasteiger partial charge is 0.307 e. The van der Waals surface area contributed by atoms with Gasteiger partial charge in [-0.2, -0.15) is 10.2 Å². The number of nitrogens with one attached hydrogen (secondary N) is 1. The average Bonchev–Trinajstić information content (AvgIpc) is 3.19. The quantitative estimate of drug-likeness (QED) is 0.852. The summed E-state index contributed by atoms with van der Waals surface area (Å²) in [6.07, 6.45) is 10.9. The number of hydrogen-bond acceptors (Lipinski definition) is 3. The predicted molar refractivity (Wildman–Crippen MR) is 78.5 cm³/mol. The summed E-state index contributed by atoms with van der Waals surface area (Å²) in [6, 6.07) is 2.51. The van der Waals surface area contributed by atoms with Crippen LogP contribution in [0.15, 0.2) is 24.7 Å². The third-order valence-electron chi connectivity index (χ3n) is 4.09. The summed E-state index contributed by atoms with van der Waals surface area (Å²) in [5.74, 6) is 0. The number of rotatable bonds is 7. The van der Waals surface area contributed by atoms with E-state index in [2.05, 4.69) is 26.4 Å². The van der Waals surface area contributed by atoms with Crippen molar-refractivity contribution in [2.45, 2.75) is 51.4 Å². The lowest BCUT2D eigenvalue weighted by atomic mass is 10.2. The van der Waals surface area contributed by atoms with Crippen LogP contribution < -0.4 is 5.32 Å². The zero-order valence-electron chi connectivity index (χ0n) is 12.2. The second-order valence-corrected chi connectivity index (χ2v) is 5.61. The SMILES string of the molecule is FCCn1nccc1CNCc1cnn(C2CCCC2)c1. The number of hydrogen-bond donors (Lipinski definition) is 1. The lowest BCUT2D eigenvalue weighted by molar-refractivity contribution is 0.417. The Morgan fingerprint density at radius 2 is 2.10 bits per heavy atom. The molecule has 2 aromatic rings. The van der Waals surface area contributed by atoms with Gasteiger partial charge in [-0.1, -0.05) is 12.8 Å². The monoisotopic (exact) mass is 291 g/mol. The third kappa shape index (κ3) is 3.50. The van der Waals surface area contributed by atoms with Crippen molar-refractivity contribution in [3.8, 4) is 0 Å². The summed E-state index contributed by atoms with van der Waals surface area (Å²) in [7, 11) is 0. The van der Waals surface area contributed by atoms with Gasteiger partial charge in [0.25, 0.3) is 0 Å². The molecule has 1 N–H and O–H groups in total. The van der Waals surface area contributed by atoms with E-state index in [1.807, 2.05) is 12.3 Å². The van der Waals surface area contributed by atoms with Crippen LogP contribution in [0.5, 0.6) is 0 Å². The van der Waals surface area contributed by atoms with Gasteiger partial charge in [0.1, 0.15) is 6.67 Å². The van der Waals surface area contributed by atoms with Crippen molar-refractivity contribution in [2.75, 3.05) is 6.67 Å². The lowest BCUT2D eigenvalue weighted by Gasteiger charge is -2.08. The molecule has 1 saturated carbocycles. The molecule has 0 spiro atoms. The van der Waals surface area contributed by atoms with Crippen molar-refractivity contribution in [3.63, 3.8) is 0 Å². The molecule has 1 fully saturated rings. The first-order valence-corrected chi connectivity index (χ1v) is 7.67. The predicted octanol–water partition coefficient (Wildman–Crippen LogP) is 2.45. The normalized spacial score (nSPS) is 15.9. The zero-order valence-corrected chi connectivity index (χ0v) is 12.2. The molecule has 0 bridgehead atoms. The summed E-state index contributed by atoms with van der Waals surface area (Å²) >= 11 is 0. The summed E-state index contributed by atoms with van der Waals surface area (Å²) < 4.78 is 16.2. The van der Waals surface area contributed by atoms with Crippen LogP contribution in [-0.4, -0.2) is 26.2 Å².